The van der Waals surface area contributed by atoms with Crippen LogP contribution in [-0.2, 0) is 21.4 Å². The number of nitrogens with zero attached hydrogens (tertiary/aromatic N) is 1. The minimum Gasteiger partial charge on any atom is -0.465 e. The van der Waals surface area contributed by atoms with Crippen LogP contribution in [0.3, 0.4) is 0 Å². The predicted octanol–water partition coefficient (Wildman–Crippen LogP) is 4.70. The van der Waals surface area contributed by atoms with Crippen LogP contribution in [0.15, 0.2) is 60.7 Å². The van der Waals surface area contributed by atoms with E-state index in [1.165, 1.54) is 7.11 Å². The first-order chi connectivity index (χ1) is 15.9. The van der Waals surface area contributed by atoms with Crippen molar-refractivity contribution in [2.24, 2.45) is 0 Å². The van der Waals surface area contributed by atoms with Gasteiger partial charge in [-0.15, -0.1) is 0 Å². The molecule has 4 rings (SSSR count). The number of carbonyl (C=O) groups excluding carboxylic acids is 2. The zero-order valence-electron chi connectivity index (χ0n) is 18.9. The van der Waals surface area contributed by atoms with Crippen LogP contribution in [0.5, 0.6) is 0 Å². The van der Waals surface area contributed by atoms with E-state index >= 15 is 0 Å². The summed E-state index contributed by atoms with van der Waals surface area (Å²) < 4.78 is 4.74. The summed E-state index contributed by atoms with van der Waals surface area (Å²) in [4.78, 5) is 26.0. The number of aliphatic hydroxyl groups excluding tert-OH is 1. The zero-order valence-corrected chi connectivity index (χ0v) is 19.6. The molecule has 1 saturated carbocycles. The van der Waals surface area contributed by atoms with Gasteiger partial charge < -0.3 is 14.7 Å². The van der Waals surface area contributed by atoms with Gasteiger partial charge in [0.15, 0.2) is 0 Å². The maximum Gasteiger partial charge on any atom is 0.337 e. The van der Waals surface area contributed by atoms with E-state index in [1.807, 2.05) is 53.5 Å². The molecule has 0 spiro atoms. The van der Waals surface area contributed by atoms with Crippen LogP contribution < -0.4 is 0 Å². The molecule has 1 aliphatic heterocycles. The molecule has 2 aliphatic rings. The van der Waals surface area contributed by atoms with Gasteiger partial charge >= 0.3 is 5.97 Å². The molecular formula is C27H30ClNO4. The van der Waals surface area contributed by atoms with Gasteiger partial charge in [-0.2, -0.15) is 0 Å². The van der Waals surface area contributed by atoms with E-state index in [4.69, 9.17) is 16.3 Å². The van der Waals surface area contributed by atoms with Crippen LogP contribution in [0.1, 0.15) is 53.6 Å². The summed E-state index contributed by atoms with van der Waals surface area (Å²) in [5.74, 6) is -0.218. The third-order valence-corrected chi connectivity index (χ3v) is 7.39. The van der Waals surface area contributed by atoms with Gasteiger partial charge in [-0.1, -0.05) is 54.4 Å². The van der Waals surface area contributed by atoms with Gasteiger partial charge in [0.1, 0.15) is 0 Å². The molecule has 1 heterocycles. The van der Waals surface area contributed by atoms with Crippen molar-refractivity contribution in [2.45, 2.75) is 56.1 Å². The Kier molecular flexibility index (Phi) is 7.20. The van der Waals surface area contributed by atoms with E-state index in [2.05, 4.69) is 0 Å². The first-order valence-electron chi connectivity index (χ1n) is 11.5. The van der Waals surface area contributed by atoms with E-state index in [-0.39, 0.29) is 23.3 Å². The Hall–Kier alpha value is -2.63. The van der Waals surface area contributed by atoms with Gasteiger partial charge in [-0.3, -0.25) is 4.79 Å². The van der Waals surface area contributed by atoms with Crippen LogP contribution in [-0.4, -0.2) is 47.7 Å². The number of halogens is 1. The highest BCUT2D eigenvalue weighted by atomic mass is 35.5. The van der Waals surface area contributed by atoms with Crippen molar-refractivity contribution in [1.82, 2.24) is 4.90 Å². The van der Waals surface area contributed by atoms with Crippen molar-refractivity contribution in [3.8, 4) is 0 Å². The molecule has 2 atom stereocenters. The number of ether oxygens (including phenoxy) is 1. The normalized spacial score (nSPS) is 20.6. The molecule has 2 aromatic rings. The highest BCUT2D eigenvalue weighted by molar-refractivity contribution is 6.30. The SMILES string of the molecule is COC(=O)c1ccc(CCN2C(=O)CCC2C=CC(O)C2(c3ccc(Cl)cc3)CCC2)cc1. The summed E-state index contributed by atoms with van der Waals surface area (Å²) in [7, 11) is 1.36. The lowest BCUT2D eigenvalue weighted by Gasteiger charge is -2.45. The van der Waals surface area contributed by atoms with Crippen molar-refractivity contribution < 1.29 is 19.4 Å². The average molecular weight is 468 g/mol. The predicted molar refractivity (Wildman–Crippen MR) is 128 cm³/mol. The van der Waals surface area contributed by atoms with Crippen molar-refractivity contribution in [3.05, 3.63) is 82.4 Å². The molecule has 6 heteroatoms. The Bertz CT molecular complexity index is 1010. The van der Waals surface area contributed by atoms with E-state index < -0.39 is 6.10 Å². The van der Waals surface area contributed by atoms with Gasteiger partial charge in [0.2, 0.25) is 5.91 Å². The maximum absolute atomic E-state index is 12.5. The number of benzene rings is 2. The topological polar surface area (TPSA) is 66.8 Å². The van der Waals surface area contributed by atoms with E-state index in [1.54, 1.807) is 12.1 Å². The second kappa shape index (κ2) is 10.1. The number of likely N-dealkylation sites (tertiary alicyclic amines) is 1. The second-order valence-electron chi connectivity index (χ2n) is 8.98. The smallest absolute Gasteiger partial charge is 0.337 e. The van der Waals surface area contributed by atoms with Crippen molar-refractivity contribution in [3.63, 3.8) is 0 Å². The first-order valence-corrected chi connectivity index (χ1v) is 11.9. The third kappa shape index (κ3) is 4.99. The lowest BCUT2D eigenvalue weighted by Crippen LogP contribution is -2.44. The fourth-order valence-electron chi connectivity index (χ4n) is 4.93. The molecule has 2 unspecified atom stereocenters. The Balaban J connectivity index is 1.40. The number of esters is 1. The summed E-state index contributed by atoms with van der Waals surface area (Å²) in [6.07, 6.45) is 8.25. The number of hydrogen-bond donors (Lipinski definition) is 1. The molecule has 1 aliphatic carbocycles. The molecule has 0 aromatic heterocycles. The monoisotopic (exact) mass is 467 g/mol. The van der Waals surface area contributed by atoms with E-state index in [0.717, 1.165) is 36.8 Å². The Labute approximate surface area is 200 Å². The number of amides is 1. The fraction of sp³-hybridized carbons (Fsp3) is 0.407. The summed E-state index contributed by atoms with van der Waals surface area (Å²) in [5.41, 5.74) is 2.42. The average Bonchev–Trinajstić information content (AvgIpc) is 3.15. The highest BCUT2D eigenvalue weighted by Gasteiger charge is 2.44. The Morgan fingerprint density at radius 3 is 2.52 bits per heavy atom. The van der Waals surface area contributed by atoms with E-state index in [9.17, 15) is 14.7 Å². The summed E-state index contributed by atoms with van der Waals surface area (Å²) in [6.45, 7) is 0.601. The van der Waals surface area contributed by atoms with Crippen molar-refractivity contribution in [2.75, 3.05) is 13.7 Å². The van der Waals surface area contributed by atoms with Gasteiger partial charge in [-0.25, -0.2) is 4.79 Å². The van der Waals surface area contributed by atoms with Gasteiger partial charge in [-0.05, 0) is 61.1 Å². The van der Waals surface area contributed by atoms with Gasteiger partial charge in [0, 0.05) is 23.4 Å². The van der Waals surface area contributed by atoms with Crippen LogP contribution in [0, 0.1) is 0 Å². The highest BCUT2D eigenvalue weighted by Crippen LogP contribution is 2.47. The Morgan fingerprint density at radius 2 is 1.91 bits per heavy atom. The standard InChI is InChI=1S/C27H30ClNO4/c1-33-26(32)20-5-3-19(4-6-20)15-18-29-23(12-14-25(29)31)11-13-24(30)27(16-2-17-27)21-7-9-22(28)10-8-21/h3-11,13,23-24,30H,2,12,14-18H2,1H3. The zero-order chi connectivity index (χ0) is 23.4. The largest absolute Gasteiger partial charge is 0.465 e. The number of hydrogen-bond acceptors (Lipinski definition) is 4. The molecule has 0 radical (unpaired) electrons. The quantitative estimate of drug-likeness (QED) is 0.451. The number of carbonyl (C=O) groups is 2. The summed E-state index contributed by atoms with van der Waals surface area (Å²) >= 11 is 6.05. The molecule has 5 nitrogen and oxygen atoms in total. The van der Waals surface area contributed by atoms with Crippen LogP contribution in [0.4, 0.5) is 0 Å². The van der Waals surface area contributed by atoms with Crippen LogP contribution in [0.2, 0.25) is 5.02 Å². The minimum absolute atomic E-state index is 0.0103. The molecular weight excluding hydrogens is 438 g/mol. The minimum atomic E-state index is -0.601. The molecule has 2 fully saturated rings. The summed E-state index contributed by atoms with van der Waals surface area (Å²) in [6, 6.07) is 15.0. The van der Waals surface area contributed by atoms with Gasteiger partial charge in [0.05, 0.1) is 24.8 Å². The molecule has 1 N–H and O–H groups in total. The fourth-order valence-corrected chi connectivity index (χ4v) is 5.06. The van der Waals surface area contributed by atoms with Crippen molar-refractivity contribution >= 4 is 23.5 Å². The molecule has 0 bridgehead atoms. The molecule has 1 saturated heterocycles. The molecule has 174 valence electrons. The van der Waals surface area contributed by atoms with E-state index in [0.29, 0.717) is 30.0 Å². The lowest BCUT2D eigenvalue weighted by molar-refractivity contribution is -0.128. The molecule has 2 aromatic carbocycles. The maximum atomic E-state index is 12.5. The second-order valence-corrected chi connectivity index (χ2v) is 9.41. The van der Waals surface area contributed by atoms with Crippen LogP contribution >= 0.6 is 11.6 Å². The van der Waals surface area contributed by atoms with Crippen molar-refractivity contribution in [1.29, 1.82) is 0 Å². The number of rotatable bonds is 8. The number of methoxy groups -OCH3 is 1. The molecule has 1 amide bonds. The first kappa shape index (κ1) is 23.5. The third-order valence-electron chi connectivity index (χ3n) is 7.14. The molecule has 33 heavy (non-hydrogen) atoms. The van der Waals surface area contributed by atoms with Gasteiger partial charge in [0.25, 0.3) is 0 Å². The Morgan fingerprint density at radius 1 is 1.21 bits per heavy atom. The number of aliphatic hydroxyl groups is 1. The summed E-state index contributed by atoms with van der Waals surface area (Å²) in [5, 5.41) is 11.8. The van der Waals surface area contributed by atoms with Crippen LogP contribution in [0.25, 0.3) is 0 Å². The lowest BCUT2D eigenvalue weighted by atomic mass is 9.61.